The molecule has 128 valence electrons. The van der Waals surface area contributed by atoms with Crippen molar-refractivity contribution in [2.24, 2.45) is 0 Å². The van der Waals surface area contributed by atoms with E-state index in [2.05, 4.69) is 15.2 Å². The molecule has 1 fully saturated rings. The van der Waals surface area contributed by atoms with Crippen LogP contribution in [0.3, 0.4) is 0 Å². The molecule has 4 rings (SSSR count). The number of nitrogens with zero attached hydrogens (tertiary/aromatic N) is 3. The molecule has 2 N–H and O–H groups in total. The van der Waals surface area contributed by atoms with Crippen molar-refractivity contribution in [2.45, 2.75) is 25.7 Å². The second-order valence-corrected chi connectivity index (χ2v) is 6.53. The van der Waals surface area contributed by atoms with Crippen LogP contribution in [0, 0.1) is 0 Å². The van der Waals surface area contributed by atoms with Crippen molar-refractivity contribution in [3.8, 4) is 17.0 Å². The Morgan fingerprint density at radius 2 is 2.00 bits per heavy atom. The molecule has 1 aromatic carbocycles. The minimum atomic E-state index is 0.144. The Bertz CT molecular complexity index is 926. The Morgan fingerprint density at radius 3 is 2.72 bits per heavy atom. The molecule has 1 aliphatic rings. The summed E-state index contributed by atoms with van der Waals surface area (Å²) in [6, 6.07) is 9.13. The van der Waals surface area contributed by atoms with Gasteiger partial charge in [0, 0.05) is 37.2 Å². The predicted octanol–water partition coefficient (Wildman–Crippen LogP) is 3.06. The third kappa shape index (κ3) is 2.84. The summed E-state index contributed by atoms with van der Waals surface area (Å²) in [5, 5.41) is 19.6. The number of piperidine rings is 1. The van der Waals surface area contributed by atoms with Crippen molar-refractivity contribution in [2.75, 3.05) is 13.1 Å². The number of phenols is 1. The van der Waals surface area contributed by atoms with Crippen LogP contribution in [0.15, 0.2) is 36.5 Å². The van der Waals surface area contributed by atoms with Gasteiger partial charge in [-0.15, -0.1) is 10.2 Å². The number of hydrogen-bond donors (Lipinski definition) is 2. The molecule has 0 bridgehead atoms. The van der Waals surface area contributed by atoms with E-state index >= 15 is 0 Å². The number of para-hydroxylation sites is 1. The van der Waals surface area contributed by atoms with Crippen molar-refractivity contribution in [3.05, 3.63) is 42.1 Å². The lowest BCUT2D eigenvalue weighted by Gasteiger charge is -2.31. The fraction of sp³-hybridized carbons (Fsp3) is 0.316. The van der Waals surface area contributed by atoms with E-state index in [-0.39, 0.29) is 11.7 Å². The zero-order chi connectivity index (χ0) is 17.4. The summed E-state index contributed by atoms with van der Waals surface area (Å²) < 4.78 is 0. The number of aromatic hydroxyl groups is 1. The molecule has 1 aliphatic heterocycles. The average molecular weight is 336 g/mol. The minimum Gasteiger partial charge on any atom is -0.507 e. The Labute approximate surface area is 145 Å². The number of amides is 1. The summed E-state index contributed by atoms with van der Waals surface area (Å²) >= 11 is 0. The molecule has 25 heavy (non-hydrogen) atoms. The molecular weight excluding hydrogens is 316 g/mol. The summed E-state index contributed by atoms with van der Waals surface area (Å²) in [5.41, 5.74) is 3.30. The second kappa shape index (κ2) is 6.20. The van der Waals surface area contributed by atoms with Gasteiger partial charge in [0.25, 0.3) is 0 Å². The van der Waals surface area contributed by atoms with Gasteiger partial charge in [0.1, 0.15) is 5.75 Å². The molecule has 0 radical (unpaired) electrons. The maximum Gasteiger partial charge on any atom is 0.219 e. The van der Waals surface area contributed by atoms with Crippen LogP contribution in [-0.4, -0.2) is 44.2 Å². The van der Waals surface area contributed by atoms with Gasteiger partial charge in [0.2, 0.25) is 5.91 Å². The number of aromatic amines is 1. The molecule has 2 aromatic heterocycles. The molecule has 0 spiro atoms. The number of likely N-dealkylation sites (tertiary alicyclic amines) is 1. The van der Waals surface area contributed by atoms with E-state index in [4.69, 9.17) is 0 Å². The Hall–Kier alpha value is -2.89. The third-order valence-corrected chi connectivity index (χ3v) is 5.03. The number of fused-ring (bicyclic) bond motifs is 1. The summed E-state index contributed by atoms with van der Waals surface area (Å²) in [6.07, 6.45) is 3.89. The zero-order valence-corrected chi connectivity index (χ0v) is 14.1. The molecule has 1 amide bonds. The first-order valence-electron chi connectivity index (χ1n) is 8.52. The number of rotatable bonds is 2. The van der Waals surface area contributed by atoms with E-state index in [0.717, 1.165) is 37.0 Å². The number of phenolic OH excluding ortho intramolecular Hbond substituents is 1. The fourth-order valence-electron chi connectivity index (χ4n) is 3.61. The standard InChI is InChI=1S/C19H20N4O2/c1-12(24)23-8-6-13(7-9-23)16-11-20-19-15(16)10-17(21-22-19)14-4-2-3-5-18(14)25/h2-5,10-11,13,25H,6-9H2,1H3,(H,20,22). The van der Waals surface area contributed by atoms with Gasteiger partial charge in [0.05, 0.1) is 5.69 Å². The van der Waals surface area contributed by atoms with Crippen LogP contribution in [0.4, 0.5) is 0 Å². The van der Waals surface area contributed by atoms with Crippen LogP contribution >= 0.6 is 0 Å². The molecular formula is C19H20N4O2. The van der Waals surface area contributed by atoms with Crippen molar-refractivity contribution < 1.29 is 9.90 Å². The first-order chi connectivity index (χ1) is 12.1. The summed E-state index contributed by atoms with van der Waals surface area (Å²) in [6.45, 7) is 3.20. The highest BCUT2D eigenvalue weighted by molar-refractivity contribution is 5.84. The van der Waals surface area contributed by atoms with Gasteiger partial charge in [-0.2, -0.15) is 0 Å². The Balaban J connectivity index is 1.68. The Morgan fingerprint density at radius 1 is 1.24 bits per heavy atom. The largest absolute Gasteiger partial charge is 0.507 e. The third-order valence-electron chi connectivity index (χ3n) is 5.03. The van der Waals surface area contributed by atoms with Crippen molar-refractivity contribution >= 4 is 16.9 Å². The van der Waals surface area contributed by atoms with E-state index in [1.54, 1.807) is 19.1 Å². The van der Waals surface area contributed by atoms with Gasteiger partial charge >= 0.3 is 0 Å². The molecule has 0 unspecified atom stereocenters. The summed E-state index contributed by atoms with van der Waals surface area (Å²) in [4.78, 5) is 16.6. The van der Waals surface area contributed by atoms with Crippen LogP contribution in [0.2, 0.25) is 0 Å². The van der Waals surface area contributed by atoms with E-state index in [0.29, 0.717) is 17.2 Å². The van der Waals surface area contributed by atoms with Gasteiger partial charge in [-0.25, -0.2) is 0 Å². The van der Waals surface area contributed by atoms with Crippen LogP contribution in [0.5, 0.6) is 5.75 Å². The van der Waals surface area contributed by atoms with Crippen molar-refractivity contribution in [1.29, 1.82) is 0 Å². The minimum absolute atomic E-state index is 0.144. The summed E-state index contributed by atoms with van der Waals surface area (Å²) in [5.74, 6) is 0.735. The average Bonchev–Trinajstić information content (AvgIpc) is 3.05. The number of aromatic nitrogens is 3. The number of carbonyl (C=O) groups is 1. The lowest BCUT2D eigenvalue weighted by atomic mass is 9.89. The molecule has 3 aromatic rings. The molecule has 6 nitrogen and oxygen atoms in total. The first-order valence-corrected chi connectivity index (χ1v) is 8.52. The fourth-order valence-corrected chi connectivity index (χ4v) is 3.61. The molecule has 6 heteroatoms. The number of H-pyrrole nitrogens is 1. The predicted molar refractivity (Wildman–Crippen MR) is 95.2 cm³/mol. The zero-order valence-electron chi connectivity index (χ0n) is 14.1. The highest BCUT2D eigenvalue weighted by atomic mass is 16.3. The van der Waals surface area contributed by atoms with Crippen molar-refractivity contribution in [3.63, 3.8) is 0 Å². The molecule has 1 saturated heterocycles. The maximum absolute atomic E-state index is 11.5. The Kier molecular flexibility index (Phi) is 3.87. The summed E-state index contributed by atoms with van der Waals surface area (Å²) in [7, 11) is 0. The molecule has 0 atom stereocenters. The van der Waals surface area contributed by atoms with E-state index < -0.39 is 0 Å². The van der Waals surface area contributed by atoms with Crippen molar-refractivity contribution in [1.82, 2.24) is 20.1 Å². The van der Waals surface area contributed by atoms with Gasteiger partial charge in [-0.05, 0) is 42.5 Å². The SMILES string of the molecule is CC(=O)N1CCC(c2c[nH]c3nnc(-c4ccccc4O)cc23)CC1. The normalized spacial score (nSPS) is 15.6. The van der Waals surface area contributed by atoms with Crippen LogP contribution in [-0.2, 0) is 4.79 Å². The van der Waals surface area contributed by atoms with E-state index in [1.165, 1.54) is 5.56 Å². The highest BCUT2D eigenvalue weighted by Crippen LogP contribution is 2.35. The number of benzene rings is 1. The lowest BCUT2D eigenvalue weighted by molar-refractivity contribution is -0.129. The first kappa shape index (κ1) is 15.6. The molecule has 3 heterocycles. The van der Waals surface area contributed by atoms with Gasteiger partial charge in [0.15, 0.2) is 5.65 Å². The second-order valence-electron chi connectivity index (χ2n) is 6.53. The monoisotopic (exact) mass is 336 g/mol. The quantitative estimate of drug-likeness (QED) is 0.753. The van der Waals surface area contributed by atoms with E-state index in [1.807, 2.05) is 29.3 Å². The van der Waals surface area contributed by atoms with Gasteiger partial charge < -0.3 is 15.0 Å². The number of carbonyl (C=O) groups excluding carboxylic acids is 1. The van der Waals surface area contributed by atoms with Crippen LogP contribution < -0.4 is 0 Å². The molecule has 0 saturated carbocycles. The smallest absolute Gasteiger partial charge is 0.219 e. The van der Waals surface area contributed by atoms with E-state index in [9.17, 15) is 9.90 Å². The number of hydrogen-bond acceptors (Lipinski definition) is 4. The van der Waals surface area contributed by atoms with Crippen LogP contribution in [0.1, 0.15) is 31.2 Å². The topological polar surface area (TPSA) is 82.1 Å². The lowest BCUT2D eigenvalue weighted by Crippen LogP contribution is -2.36. The van der Waals surface area contributed by atoms with Gasteiger partial charge in [-0.1, -0.05) is 12.1 Å². The molecule has 0 aliphatic carbocycles. The number of nitrogens with one attached hydrogen (secondary N) is 1. The maximum atomic E-state index is 11.5. The van der Waals surface area contributed by atoms with Crippen LogP contribution in [0.25, 0.3) is 22.3 Å². The van der Waals surface area contributed by atoms with Gasteiger partial charge in [-0.3, -0.25) is 4.79 Å². The highest BCUT2D eigenvalue weighted by Gasteiger charge is 2.24.